The van der Waals surface area contributed by atoms with Gasteiger partial charge in [-0.2, -0.15) is 0 Å². The van der Waals surface area contributed by atoms with Crippen molar-refractivity contribution in [1.82, 2.24) is 15.0 Å². The van der Waals surface area contributed by atoms with Gasteiger partial charge in [0, 0.05) is 18.3 Å². The highest BCUT2D eigenvalue weighted by molar-refractivity contribution is 6.29. The fourth-order valence-corrected chi connectivity index (χ4v) is 3.51. The van der Waals surface area contributed by atoms with Crippen molar-refractivity contribution in [1.29, 1.82) is 0 Å². The number of aromatic nitrogens is 3. The minimum atomic E-state index is -0.523. The molecule has 4 rings (SSSR count). The van der Waals surface area contributed by atoms with Crippen molar-refractivity contribution in [3.63, 3.8) is 0 Å². The molecule has 1 aliphatic rings. The Morgan fingerprint density at radius 3 is 2.79 bits per heavy atom. The van der Waals surface area contributed by atoms with Crippen LogP contribution in [0.15, 0.2) is 30.5 Å². The molecule has 5 nitrogen and oxygen atoms in total. The molecule has 3 heterocycles. The molecule has 6 heteroatoms. The monoisotopic (exact) mass is 340 g/mol. The molecular weight excluding hydrogens is 324 g/mol. The smallest absolute Gasteiger partial charge is 0.237 e. The molecule has 1 amide bonds. The van der Waals surface area contributed by atoms with E-state index in [0.29, 0.717) is 11.7 Å². The van der Waals surface area contributed by atoms with E-state index in [2.05, 4.69) is 15.0 Å². The zero-order valence-corrected chi connectivity index (χ0v) is 14.5. The van der Waals surface area contributed by atoms with Crippen LogP contribution in [0.1, 0.15) is 26.3 Å². The number of fused-ring (bicyclic) bond motifs is 2. The van der Waals surface area contributed by atoms with Gasteiger partial charge < -0.3 is 9.88 Å². The molecule has 0 saturated carbocycles. The summed E-state index contributed by atoms with van der Waals surface area (Å²) in [7, 11) is 0. The molecule has 122 valence electrons. The Bertz CT molecular complexity index is 976. The fourth-order valence-electron chi connectivity index (χ4n) is 3.33. The lowest BCUT2D eigenvalue weighted by molar-refractivity contribution is -0.122. The molecule has 2 aromatic heterocycles. The summed E-state index contributed by atoms with van der Waals surface area (Å²) in [6.45, 7) is 6.57. The number of aromatic amines is 1. The molecule has 0 unspecified atom stereocenters. The molecule has 0 aliphatic carbocycles. The Balaban J connectivity index is 1.91. The second-order valence-electron chi connectivity index (χ2n) is 6.51. The van der Waals surface area contributed by atoms with Crippen LogP contribution in [0.4, 0.5) is 5.69 Å². The van der Waals surface area contributed by atoms with E-state index < -0.39 is 5.41 Å². The highest BCUT2D eigenvalue weighted by Crippen LogP contribution is 2.43. The lowest BCUT2D eigenvalue weighted by Crippen LogP contribution is -2.35. The first-order valence-corrected chi connectivity index (χ1v) is 8.27. The number of nitrogens with zero attached hydrogens (tertiary/aromatic N) is 3. The van der Waals surface area contributed by atoms with Crippen LogP contribution in [0.25, 0.3) is 22.4 Å². The summed E-state index contributed by atoms with van der Waals surface area (Å²) in [5, 5.41) is 0.430. The van der Waals surface area contributed by atoms with Crippen LogP contribution in [0.2, 0.25) is 5.15 Å². The van der Waals surface area contributed by atoms with E-state index in [9.17, 15) is 4.79 Å². The summed E-state index contributed by atoms with van der Waals surface area (Å²) >= 11 is 5.97. The highest BCUT2D eigenvalue weighted by Gasteiger charge is 2.43. The van der Waals surface area contributed by atoms with Crippen molar-refractivity contribution in [3.05, 3.63) is 41.2 Å². The maximum atomic E-state index is 12.6. The molecule has 1 aliphatic heterocycles. The summed E-state index contributed by atoms with van der Waals surface area (Å²) in [6, 6.07) is 7.67. The average Bonchev–Trinajstić information content (AvgIpc) is 3.04. The molecule has 0 fully saturated rings. The predicted molar refractivity (Wildman–Crippen MR) is 95.4 cm³/mol. The number of benzene rings is 1. The standard InChI is InChI=1S/C18H17ClN4O/c1-4-23-14-9-13-12(8-11(14)18(2,3)17(23)24)21-16(22-13)10-5-6-20-15(19)7-10/h5-9H,4H2,1-3H3,(H,21,22). The van der Waals surface area contributed by atoms with Crippen LogP contribution < -0.4 is 4.90 Å². The van der Waals surface area contributed by atoms with Crippen LogP contribution in [0.5, 0.6) is 0 Å². The second-order valence-corrected chi connectivity index (χ2v) is 6.90. The van der Waals surface area contributed by atoms with Crippen LogP contribution in [-0.2, 0) is 10.2 Å². The van der Waals surface area contributed by atoms with Crippen LogP contribution in [0.3, 0.4) is 0 Å². The molecule has 0 saturated heterocycles. The van der Waals surface area contributed by atoms with Crippen LogP contribution >= 0.6 is 11.6 Å². The average molecular weight is 341 g/mol. The number of imidazole rings is 1. The van der Waals surface area contributed by atoms with E-state index in [-0.39, 0.29) is 5.91 Å². The summed E-state index contributed by atoms with van der Waals surface area (Å²) in [4.78, 5) is 26.4. The predicted octanol–water partition coefficient (Wildman–Crippen LogP) is 3.92. The molecule has 1 aromatic carbocycles. The Hall–Kier alpha value is -2.40. The van der Waals surface area contributed by atoms with Gasteiger partial charge in [0.15, 0.2) is 0 Å². The Morgan fingerprint density at radius 2 is 2.08 bits per heavy atom. The van der Waals surface area contributed by atoms with E-state index in [0.717, 1.165) is 33.7 Å². The largest absolute Gasteiger partial charge is 0.338 e. The Labute approximate surface area is 144 Å². The normalized spacial score (nSPS) is 16.0. The summed E-state index contributed by atoms with van der Waals surface area (Å²) < 4.78 is 0. The lowest BCUT2D eigenvalue weighted by atomic mass is 9.86. The van der Waals surface area contributed by atoms with Crippen LogP contribution in [0, 0.1) is 0 Å². The molecular formula is C18H17ClN4O. The number of H-pyrrole nitrogens is 1. The van der Waals surface area contributed by atoms with Gasteiger partial charge in [-0.05, 0) is 50.6 Å². The van der Waals surface area contributed by atoms with Crippen molar-refractivity contribution >= 4 is 34.2 Å². The minimum Gasteiger partial charge on any atom is -0.338 e. The topological polar surface area (TPSA) is 61.9 Å². The summed E-state index contributed by atoms with van der Waals surface area (Å²) in [6.07, 6.45) is 1.66. The second kappa shape index (κ2) is 5.05. The number of nitrogens with one attached hydrogen (secondary N) is 1. The SMILES string of the molecule is CCN1C(=O)C(C)(C)c2cc3[nH]c(-c4ccnc(Cl)c4)nc3cc21. The number of hydrogen-bond donors (Lipinski definition) is 1. The van der Waals surface area contributed by atoms with E-state index in [1.54, 1.807) is 12.3 Å². The maximum Gasteiger partial charge on any atom is 0.237 e. The van der Waals surface area contributed by atoms with Crippen molar-refractivity contribution in [2.24, 2.45) is 0 Å². The van der Waals surface area contributed by atoms with Gasteiger partial charge in [0.05, 0.1) is 22.1 Å². The van der Waals surface area contributed by atoms with Gasteiger partial charge in [-0.1, -0.05) is 11.6 Å². The number of rotatable bonds is 2. The minimum absolute atomic E-state index is 0.133. The number of pyridine rings is 1. The molecule has 0 atom stereocenters. The first-order valence-electron chi connectivity index (χ1n) is 7.90. The summed E-state index contributed by atoms with van der Waals surface area (Å²) in [5.41, 5.74) is 4.09. The van der Waals surface area contributed by atoms with Gasteiger partial charge in [-0.25, -0.2) is 9.97 Å². The van der Waals surface area contributed by atoms with E-state index in [4.69, 9.17) is 11.6 Å². The van der Waals surface area contributed by atoms with Crippen molar-refractivity contribution < 1.29 is 4.79 Å². The molecule has 0 bridgehead atoms. The van der Waals surface area contributed by atoms with Gasteiger partial charge in [0.2, 0.25) is 5.91 Å². The highest BCUT2D eigenvalue weighted by atomic mass is 35.5. The number of anilines is 1. The van der Waals surface area contributed by atoms with Crippen molar-refractivity contribution in [3.8, 4) is 11.4 Å². The quantitative estimate of drug-likeness (QED) is 0.719. The summed E-state index contributed by atoms with van der Waals surface area (Å²) in [5.74, 6) is 0.874. The number of hydrogen-bond acceptors (Lipinski definition) is 3. The van der Waals surface area contributed by atoms with E-state index in [1.807, 2.05) is 43.9 Å². The van der Waals surface area contributed by atoms with Gasteiger partial charge in [0.1, 0.15) is 11.0 Å². The number of likely N-dealkylation sites (N-methyl/N-ethyl adjacent to an activating group) is 1. The molecule has 3 aromatic rings. The van der Waals surface area contributed by atoms with Gasteiger partial charge in [-0.3, -0.25) is 4.79 Å². The van der Waals surface area contributed by atoms with Crippen molar-refractivity contribution in [2.45, 2.75) is 26.2 Å². The molecule has 24 heavy (non-hydrogen) atoms. The maximum absolute atomic E-state index is 12.6. The third-order valence-electron chi connectivity index (χ3n) is 4.66. The third kappa shape index (κ3) is 2.04. The number of halogens is 1. The van der Waals surface area contributed by atoms with Gasteiger partial charge in [-0.15, -0.1) is 0 Å². The Morgan fingerprint density at radius 1 is 1.29 bits per heavy atom. The molecule has 0 radical (unpaired) electrons. The molecule has 1 N–H and O–H groups in total. The zero-order valence-electron chi connectivity index (χ0n) is 13.7. The fraction of sp³-hybridized carbons (Fsp3) is 0.278. The third-order valence-corrected chi connectivity index (χ3v) is 4.87. The lowest BCUT2D eigenvalue weighted by Gasteiger charge is -2.18. The first-order chi connectivity index (χ1) is 11.4. The van der Waals surface area contributed by atoms with E-state index in [1.165, 1.54) is 0 Å². The first kappa shape index (κ1) is 15.1. The van der Waals surface area contributed by atoms with Gasteiger partial charge >= 0.3 is 0 Å². The van der Waals surface area contributed by atoms with Crippen molar-refractivity contribution in [2.75, 3.05) is 11.4 Å². The van der Waals surface area contributed by atoms with E-state index >= 15 is 0 Å². The Kier molecular flexibility index (Phi) is 3.18. The number of amides is 1. The van der Waals surface area contributed by atoms with Crippen LogP contribution in [-0.4, -0.2) is 27.4 Å². The zero-order chi connectivity index (χ0) is 17.1. The van der Waals surface area contributed by atoms with Gasteiger partial charge in [0.25, 0.3) is 0 Å². The molecule has 0 spiro atoms. The number of carbonyl (C=O) groups is 1. The number of carbonyl (C=O) groups excluding carboxylic acids is 1.